The number of rotatable bonds is 7. The van der Waals surface area contributed by atoms with Gasteiger partial charge >= 0.3 is 0 Å². The van der Waals surface area contributed by atoms with E-state index in [1.807, 2.05) is 6.33 Å². The van der Waals surface area contributed by atoms with Crippen molar-refractivity contribution < 1.29 is 0 Å². The predicted molar refractivity (Wildman–Crippen MR) is 60.8 cm³/mol. The highest BCUT2D eigenvalue weighted by Gasteiger charge is 2.25. The van der Waals surface area contributed by atoms with Crippen LogP contribution in [0.15, 0.2) is 6.33 Å². The summed E-state index contributed by atoms with van der Waals surface area (Å²) in [6.07, 6.45) is 12.3. The summed E-state index contributed by atoms with van der Waals surface area (Å²) < 4.78 is 2.28. The minimum absolute atomic E-state index is 0.727. The molecule has 1 aliphatic carbocycles. The molecule has 0 N–H and O–H groups in total. The molecule has 0 spiro atoms. The van der Waals surface area contributed by atoms with Crippen molar-refractivity contribution >= 4 is 0 Å². The fourth-order valence-corrected chi connectivity index (χ4v) is 1.99. The second-order valence-corrected chi connectivity index (χ2v) is 4.55. The Morgan fingerprint density at radius 3 is 2.80 bits per heavy atom. The Hall–Kier alpha value is -0.860. The van der Waals surface area contributed by atoms with Gasteiger partial charge in [0.2, 0.25) is 0 Å². The van der Waals surface area contributed by atoms with Crippen LogP contribution in [0.3, 0.4) is 0 Å². The molecule has 1 aromatic rings. The lowest BCUT2D eigenvalue weighted by molar-refractivity contribution is 0.598. The number of hydrogen-bond acceptors (Lipinski definition) is 2. The topological polar surface area (TPSA) is 30.7 Å². The van der Waals surface area contributed by atoms with E-state index in [2.05, 4.69) is 21.7 Å². The molecule has 1 aliphatic rings. The van der Waals surface area contributed by atoms with Crippen molar-refractivity contribution in [1.29, 1.82) is 0 Å². The van der Waals surface area contributed by atoms with Crippen molar-refractivity contribution in [1.82, 2.24) is 14.8 Å². The molecule has 0 atom stereocenters. The summed E-state index contributed by atoms with van der Waals surface area (Å²) in [7, 11) is 0. The lowest BCUT2D eigenvalue weighted by Gasteiger charge is -2.03. The summed E-state index contributed by atoms with van der Waals surface area (Å²) in [6, 6.07) is 0.727. The van der Waals surface area contributed by atoms with Crippen LogP contribution in [-0.2, 0) is 6.42 Å². The zero-order valence-corrected chi connectivity index (χ0v) is 9.65. The van der Waals surface area contributed by atoms with E-state index in [9.17, 15) is 0 Å². The van der Waals surface area contributed by atoms with Gasteiger partial charge in [-0.2, -0.15) is 0 Å². The van der Waals surface area contributed by atoms with Gasteiger partial charge in [-0.1, -0.05) is 32.6 Å². The lowest BCUT2D eigenvalue weighted by Crippen LogP contribution is -2.00. The third-order valence-corrected chi connectivity index (χ3v) is 3.09. The highest BCUT2D eigenvalue weighted by atomic mass is 15.3. The maximum absolute atomic E-state index is 4.21. The van der Waals surface area contributed by atoms with Gasteiger partial charge in [-0.3, -0.25) is 0 Å². The second kappa shape index (κ2) is 5.29. The van der Waals surface area contributed by atoms with Crippen molar-refractivity contribution in [2.24, 2.45) is 0 Å². The van der Waals surface area contributed by atoms with Gasteiger partial charge in [-0.05, 0) is 19.3 Å². The predicted octanol–water partition coefficient (Wildman–Crippen LogP) is 3.13. The molecule has 0 bridgehead atoms. The van der Waals surface area contributed by atoms with Gasteiger partial charge in [0.1, 0.15) is 12.2 Å². The Labute approximate surface area is 91.9 Å². The maximum atomic E-state index is 4.21. The van der Waals surface area contributed by atoms with E-state index in [1.54, 1.807) is 0 Å². The first-order chi connectivity index (χ1) is 7.42. The van der Waals surface area contributed by atoms with Crippen molar-refractivity contribution in [3.63, 3.8) is 0 Å². The average Bonchev–Trinajstić information content (AvgIpc) is 2.99. The van der Waals surface area contributed by atoms with Crippen molar-refractivity contribution in [3.8, 4) is 0 Å². The molecule has 1 aromatic heterocycles. The summed E-state index contributed by atoms with van der Waals surface area (Å²) in [6.45, 7) is 2.25. The monoisotopic (exact) mass is 207 g/mol. The molecule has 0 unspecified atom stereocenters. The molecular weight excluding hydrogens is 186 g/mol. The molecule has 1 saturated carbocycles. The van der Waals surface area contributed by atoms with Crippen LogP contribution < -0.4 is 0 Å². The van der Waals surface area contributed by atoms with Gasteiger partial charge in [0, 0.05) is 12.5 Å². The SMILES string of the molecule is CCCCCCCc1nncn1C1CC1. The van der Waals surface area contributed by atoms with Gasteiger partial charge in [0.25, 0.3) is 0 Å². The Morgan fingerprint density at radius 1 is 1.27 bits per heavy atom. The molecule has 3 nitrogen and oxygen atoms in total. The van der Waals surface area contributed by atoms with Gasteiger partial charge in [-0.15, -0.1) is 10.2 Å². The third kappa shape index (κ3) is 3.05. The van der Waals surface area contributed by atoms with Crippen LogP contribution in [0.25, 0.3) is 0 Å². The first-order valence-corrected chi connectivity index (χ1v) is 6.30. The van der Waals surface area contributed by atoms with E-state index in [0.29, 0.717) is 0 Å². The Bertz CT molecular complexity index is 289. The van der Waals surface area contributed by atoms with E-state index in [4.69, 9.17) is 0 Å². The smallest absolute Gasteiger partial charge is 0.133 e. The summed E-state index contributed by atoms with van der Waals surface area (Å²) in [5, 5.41) is 8.22. The minimum atomic E-state index is 0.727. The van der Waals surface area contributed by atoms with E-state index in [-0.39, 0.29) is 0 Å². The molecule has 3 heteroatoms. The average molecular weight is 207 g/mol. The van der Waals surface area contributed by atoms with Gasteiger partial charge in [0.05, 0.1) is 0 Å². The molecule has 0 amide bonds. The fraction of sp³-hybridized carbons (Fsp3) is 0.833. The van der Waals surface area contributed by atoms with Crippen LogP contribution >= 0.6 is 0 Å². The molecule has 15 heavy (non-hydrogen) atoms. The van der Waals surface area contributed by atoms with Crippen LogP contribution in [0.4, 0.5) is 0 Å². The van der Waals surface area contributed by atoms with Crippen LogP contribution in [0.2, 0.25) is 0 Å². The highest BCUT2D eigenvalue weighted by molar-refractivity contribution is 4.94. The standard InChI is InChI=1S/C12H21N3/c1-2-3-4-5-6-7-12-14-13-10-15(12)11-8-9-11/h10-11H,2-9H2,1H3. The quantitative estimate of drug-likeness (QED) is 0.643. The summed E-state index contributed by atoms with van der Waals surface area (Å²) in [4.78, 5) is 0. The lowest BCUT2D eigenvalue weighted by atomic mass is 10.1. The Balaban J connectivity index is 1.70. The zero-order valence-electron chi connectivity index (χ0n) is 9.65. The number of aromatic nitrogens is 3. The maximum Gasteiger partial charge on any atom is 0.133 e. The van der Waals surface area contributed by atoms with Gasteiger partial charge in [-0.25, -0.2) is 0 Å². The Kier molecular flexibility index (Phi) is 3.75. The van der Waals surface area contributed by atoms with Crippen LogP contribution in [0.5, 0.6) is 0 Å². The molecule has 1 fully saturated rings. The number of hydrogen-bond donors (Lipinski definition) is 0. The van der Waals surface area contributed by atoms with Crippen LogP contribution in [0, 0.1) is 0 Å². The van der Waals surface area contributed by atoms with Crippen LogP contribution in [0.1, 0.15) is 63.7 Å². The van der Waals surface area contributed by atoms with E-state index < -0.39 is 0 Å². The largest absolute Gasteiger partial charge is 0.314 e. The van der Waals surface area contributed by atoms with Crippen molar-refractivity contribution in [2.75, 3.05) is 0 Å². The van der Waals surface area contributed by atoms with Crippen molar-refractivity contribution in [3.05, 3.63) is 12.2 Å². The summed E-state index contributed by atoms with van der Waals surface area (Å²) in [5.41, 5.74) is 0. The number of aryl methyl sites for hydroxylation is 1. The summed E-state index contributed by atoms with van der Waals surface area (Å²) >= 11 is 0. The van der Waals surface area contributed by atoms with Crippen molar-refractivity contribution in [2.45, 2.75) is 64.3 Å². The Morgan fingerprint density at radius 2 is 2.07 bits per heavy atom. The molecule has 1 heterocycles. The van der Waals surface area contributed by atoms with E-state index in [0.717, 1.165) is 12.5 Å². The van der Waals surface area contributed by atoms with E-state index >= 15 is 0 Å². The first kappa shape index (κ1) is 10.7. The van der Waals surface area contributed by atoms with Gasteiger partial charge in [0.15, 0.2) is 0 Å². The number of unbranched alkanes of at least 4 members (excludes halogenated alkanes) is 4. The fourth-order valence-electron chi connectivity index (χ4n) is 1.99. The molecular formula is C12H21N3. The highest BCUT2D eigenvalue weighted by Crippen LogP contribution is 2.35. The summed E-state index contributed by atoms with van der Waals surface area (Å²) in [5.74, 6) is 1.20. The van der Waals surface area contributed by atoms with E-state index in [1.165, 1.54) is 50.8 Å². The second-order valence-electron chi connectivity index (χ2n) is 4.55. The molecule has 0 aromatic carbocycles. The first-order valence-electron chi connectivity index (χ1n) is 6.30. The number of nitrogens with zero attached hydrogens (tertiary/aromatic N) is 3. The van der Waals surface area contributed by atoms with Gasteiger partial charge < -0.3 is 4.57 Å². The van der Waals surface area contributed by atoms with Crippen LogP contribution in [-0.4, -0.2) is 14.8 Å². The zero-order chi connectivity index (χ0) is 10.5. The normalized spacial score (nSPS) is 15.8. The minimum Gasteiger partial charge on any atom is -0.314 e. The molecule has 0 radical (unpaired) electrons. The molecule has 0 aliphatic heterocycles. The third-order valence-electron chi connectivity index (χ3n) is 3.09. The molecule has 84 valence electrons. The molecule has 2 rings (SSSR count). The molecule has 0 saturated heterocycles.